The van der Waals surface area contributed by atoms with E-state index >= 15 is 0 Å². The second-order valence-electron chi connectivity index (χ2n) is 3.86. The smallest absolute Gasteiger partial charge is 0.246 e. The Kier molecular flexibility index (Phi) is 2.99. The number of likely N-dealkylation sites (tertiary alicyclic amines) is 1. The van der Waals surface area contributed by atoms with Crippen molar-refractivity contribution in [3.8, 4) is 0 Å². The fraction of sp³-hybridized carbons (Fsp3) is 0.700. The van der Waals surface area contributed by atoms with Crippen LogP contribution in [0.4, 0.5) is 0 Å². The molecule has 5 heteroatoms. The average molecular weight is 209 g/mol. The Morgan fingerprint density at radius 2 is 2.27 bits per heavy atom. The number of rotatable bonds is 2. The molecule has 5 nitrogen and oxygen atoms in total. The van der Waals surface area contributed by atoms with E-state index in [0.717, 1.165) is 25.8 Å². The summed E-state index contributed by atoms with van der Waals surface area (Å²) in [6.07, 6.45) is 3.84. The van der Waals surface area contributed by atoms with Crippen molar-refractivity contribution in [3.63, 3.8) is 0 Å². The standard InChI is InChI=1S/C10H15N3O2/c1-8-11-9(15-12-8)7-13-6-4-2-3-5-10(13)14/h2-7H2,1H3. The van der Waals surface area contributed by atoms with E-state index in [1.165, 1.54) is 0 Å². The Bertz CT molecular complexity index is 348. The van der Waals surface area contributed by atoms with Crippen molar-refractivity contribution in [1.29, 1.82) is 0 Å². The first-order chi connectivity index (χ1) is 7.25. The van der Waals surface area contributed by atoms with E-state index in [9.17, 15) is 4.79 Å². The van der Waals surface area contributed by atoms with Gasteiger partial charge in [-0.1, -0.05) is 11.6 Å². The summed E-state index contributed by atoms with van der Waals surface area (Å²) < 4.78 is 5.00. The fourth-order valence-electron chi connectivity index (χ4n) is 1.77. The molecule has 0 spiro atoms. The highest BCUT2D eigenvalue weighted by Gasteiger charge is 2.18. The predicted molar refractivity (Wildman–Crippen MR) is 52.9 cm³/mol. The summed E-state index contributed by atoms with van der Waals surface area (Å²) in [6.45, 7) is 3.04. The van der Waals surface area contributed by atoms with Gasteiger partial charge in [-0.3, -0.25) is 4.79 Å². The van der Waals surface area contributed by atoms with E-state index in [1.807, 2.05) is 0 Å². The first-order valence-corrected chi connectivity index (χ1v) is 5.32. The number of nitrogens with zero attached hydrogens (tertiary/aromatic N) is 3. The van der Waals surface area contributed by atoms with Crippen molar-refractivity contribution in [2.24, 2.45) is 0 Å². The molecule has 1 aliphatic heterocycles. The largest absolute Gasteiger partial charge is 0.337 e. The molecule has 0 aromatic carbocycles. The van der Waals surface area contributed by atoms with Crippen molar-refractivity contribution in [1.82, 2.24) is 15.0 Å². The number of amides is 1. The van der Waals surface area contributed by atoms with Gasteiger partial charge in [0.15, 0.2) is 5.82 Å². The molecule has 0 bridgehead atoms. The lowest BCUT2D eigenvalue weighted by atomic mass is 10.2. The van der Waals surface area contributed by atoms with E-state index in [2.05, 4.69) is 10.1 Å². The first kappa shape index (κ1) is 10.1. The van der Waals surface area contributed by atoms with E-state index in [4.69, 9.17) is 4.52 Å². The van der Waals surface area contributed by atoms with Crippen molar-refractivity contribution >= 4 is 5.91 Å². The van der Waals surface area contributed by atoms with Crippen LogP contribution in [0.25, 0.3) is 0 Å². The molecule has 1 aromatic heterocycles. The highest BCUT2D eigenvalue weighted by atomic mass is 16.5. The molecular weight excluding hydrogens is 194 g/mol. The summed E-state index contributed by atoms with van der Waals surface area (Å²) in [5.74, 6) is 1.35. The molecule has 82 valence electrons. The van der Waals surface area contributed by atoms with Crippen molar-refractivity contribution in [3.05, 3.63) is 11.7 Å². The predicted octanol–water partition coefficient (Wildman–Crippen LogP) is 1.28. The van der Waals surface area contributed by atoms with Gasteiger partial charge in [-0.2, -0.15) is 4.98 Å². The molecule has 0 radical (unpaired) electrons. The Hall–Kier alpha value is -1.39. The maximum atomic E-state index is 11.7. The van der Waals surface area contributed by atoms with Crippen LogP contribution in [0.1, 0.15) is 37.4 Å². The first-order valence-electron chi connectivity index (χ1n) is 5.32. The van der Waals surface area contributed by atoms with Gasteiger partial charge < -0.3 is 9.42 Å². The van der Waals surface area contributed by atoms with E-state index < -0.39 is 0 Å². The van der Waals surface area contributed by atoms with E-state index in [1.54, 1.807) is 11.8 Å². The van der Waals surface area contributed by atoms with Crippen LogP contribution >= 0.6 is 0 Å². The quantitative estimate of drug-likeness (QED) is 0.736. The molecule has 0 aliphatic carbocycles. The summed E-state index contributed by atoms with van der Waals surface area (Å²) in [7, 11) is 0. The fourth-order valence-corrected chi connectivity index (χ4v) is 1.77. The van der Waals surface area contributed by atoms with Gasteiger partial charge in [0, 0.05) is 13.0 Å². The van der Waals surface area contributed by atoms with Crippen LogP contribution in [0.2, 0.25) is 0 Å². The Labute approximate surface area is 88.5 Å². The maximum Gasteiger partial charge on any atom is 0.246 e. The van der Waals surface area contributed by atoms with Crippen molar-refractivity contribution in [2.75, 3.05) is 6.54 Å². The molecule has 2 heterocycles. The lowest BCUT2D eigenvalue weighted by molar-refractivity contribution is -0.131. The zero-order valence-electron chi connectivity index (χ0n) is 8.90. The molecule has 1 fully saturated rings. The summed E-state index contributed by atoms with van der Waals surface area (Å²) in [5, 5.41) is 3.71. The Balaban J connectivity index is 2.00. The van der Waals surface area contributed by atoms with E-state index in [0.29, 0.717) is 24.7 Å². The van der Waals surface area contributed by atoms with Gasteiger partial charge in [-0.05, 0) is 19.8 Å². The van der Waals surface area contributed by atoms with Crippen molar-refractivity contribution in [2.45, 2.75) is 39.2 Å². The van der Waals surface area contributed by atoms with Gasteiger partial charge in [0.2, 0.25) is 11.8 Å². The summed E-state index contributed by atoms with van der Waals surface area (Å²) >= 11 is 0. The molecule has 2 rings (SSSR count). The van der Waals surface area contributed by atoms with Gasteiger partial charge in [-0.25, -0.2) is 0 Å². The Morgan fingerprint density at radius 3 is 3.00 bits per heavy atom. The minimum Gasteiger partial charge on any atom is -0.337 e. The third kappa shape index (κ3) is 2.55. The number of carbonyl (C=O) groups is 1. The molecule has 1 aromatic rings. The lowest BCUT2D eigenvalue weighted by Gasteiger charge is -2.17. The molecule has 1 aliphatic rings. The van der Waals surface area contributed by atoms with Crippen LogP contribution < -0.4 is 0 Å². The van der Waals surface area contributed by atoms with Gasteiger partial charge in [0.1, 0.15) is 0 Å². The second kappa shape index (κ2) is 4.42. The molecular formula is C10H15N3O2. The number of hydrogen-bond acceptors (Lipinski definition) is 4. The highest BCUT2D eigenvalue weighted by Crippen LogP contribution is 2.13. The summed E-state index contributed by atoms with van der Waals surface area (Å²) in [4.78, 5) is 17.6. The van der Waals surface area contributed by atoms with E-state index in [-0.39, 0.29) is 5.91 Å². The number of carbonyl (C=O) groups excluding carboxylic acids is 1. The number of hydrogen-bond donors (Lipinski definition) is 0. The van der Waals surface area contributed by atoms with Gasteiger partial charge >= 0.3 is 0 Å². The molecule has 1 amide bonds. The topological polar surface area (TPSA) is 59.2 Å². The van der Waals surface area contributed by atoms with Gasteiger partial charge in [0.05, 0.1) is 6.54 Å². The molecule has 0 unspecified atom stereocenters. The van der Waals surface area contributed by atoms with Crippen LogP contribution in [0.3, 0.4) is 0 Å². The molecule has 1 saturated heterocycles. The number of aryl methyl sites for hydroxylation is 1. The van der Waals surface area contributed by atoms with Crippen LogP contribution in [0.5, 0.6) is 0 Å². The average Bonchev–Trinajstić information content (AvgIpc) is 2.50. The maximum absolute atomic E-state index is 11.7. The highest BCUT2D eigenvalue weighted by molar-refractivity contribution is 5.76. The monoisotopic (exact) mass is 209 g/mol. The van der Waals surface area contributed by atoms with Gasteiger partial charge in [-0.15, -0.1) is 0 Å². The molecule has 15 heavy (non-hydrogen) atoms. The molecule has 0 saturated carbocycles. The lowest BCUT2D eigenvalue weighted by Crippen LogP contribution is -2.29. The number of aromatic nitrogens is 2. The second-order valence-corrected chi connectivity index (χ2v) is 3.86. The van der Waals surface area contributed by atoms with Gasteiger partial charge in [0.25, 0.3) is 0 Å². The minimum absolute atomic E-state index is 0.198. The third-order valence-corrected chi connectivity index (χ3v) is 2.57. The molecule has 0 N–H and O–H groups in total. The normalized spacial score (nSPS) is 17.9. The van der Waals surface area contributed by atoms with Crippen LogP contribution in [0.15, 0.2) is 4.52 Å². The van der Waals surface area contributed by atoms with Crippen LogP contribution in [-0.2, 0) is 11.3 Å². The third-order valence-electron chi connectivity index (χ3n) is 2.57. The van der Waals surface area contributed by atoms with Crippen LogP contribution in [-0.4, -0.2) is 27.5 Å². The van der Waals surface area contributed by atoms with Crippen LogP contribution in [0, 0.1) is 6.92 Å². The van der Waals surface area contributed by atoms with Crippen molar-refractivity contribution < 1.29 is 9.32 Å². The minimum atomic E-state index is 0.198. The zero-order chi connectivity index (χ0) is 10.7. The molecule has 0 atom stereocenters. The SMILES string of the molecule is Cc1noc(CN2CCCCCC2=O)n1. The Morgan fingerprint density at radius 1 is 1.40 bits per heavy atom. The summed E-state index contributed by atoms with van der Waals surface area (Å²) in [5.41, 5.74) is 0. The summed E-state index contributed by atoms with van der Waals surface area (Å²) in [6, 6.07) is 0. The zero-order valence-corrected chi connectivity index (χ0v) is 8.90.